The number of hydrogen-bond donors (Lipinski definition) is 2. The highest BCUT2D eigenvalue weighted by atomic mass is 32.2. The van der Waals surface area contributed by atoms with Gasteiger partial charge in [-0.1, -0.05) is 12.1 Å². The van der Waals surface area contributed by atoms with Crippen LogP contribution in [0.1, 0.15) is 0 Å². The van der Waals surface area contributed by atoms with E-state index in [1.165, 1.54) is 25.4 Å². The van der Waals surface area contributed by atoms with Gasteiger partial charge in [0, 0.05) is 0 Å². The molecule has 0 unspecified atom stereocenters. The molecule has 8 heteroatoms. The fourth-order valence-corrected chi connectivity index (χ4v) is 3.43. The molecule has 3 rings (SSSR count). The lowest BCUT2D eigenvalue weighted by molar-refractivity contribution is 0.414. The lowest BCUT2D eigenvalue weighted by atomic mass is 10.3. The normalized spacial score (nSPS) is 10.9. The van der Waals surface area contributed by atoms with Gasteiger partial charge in [-0.3, -0.25) is 4.72 Å². The van der Waals surface area contributed by atoms with E-state index in [0.717, 1.165) is 5.69 Å². The van der Waals surface area contributed by atoms with Crippen molar-refractivity contribution < 1.29 is 17.9 Å². The number of para-hydroxylation sites is 2. The molecule has 0 radical (unpaired) electrons. The SMILES string of the molecule is COc1ccc(S(=O)(=O)Nc2ccc(Nc3ccccc3OC)nc2)cc1. The molecule has 7 nitrogen and oxygen atoms in total. The van der Waals surface area contributed by atoms with Crippen LogP contribution in [0.5, 0.6) is 11.5 Å². The number of ether oxygens (including phenoxy) is 2. The van der Waals surface area contributed by atoms with Crippen LogP contribution in [0.15, 0.2) is 71.8 Å². The first-order valence-corrected chi connectivity index (χ1v) is 9.53. The van der Waals surface area contributed by atoms with Gasteiger partial charge in [0.15, 0.2) is 0 Å². The highest BCUT2D eigenvalue weighted by Gasteiger charge is 2.14. The zero-order chi connectivity index (χ0) is 19.3. The summed E-state index contributed by atoms with van der Waals surface area (Å²) in [5.74, 6) is 1.83. The molecule has 27 heavy (non-hydrogen) atoms. The second-order valence-corrected chi connectivity index (χ2v) is 7.22. The zero-order valence-electron chi connectivity index (χ0n) is 14.8. The third kappa shape index (κ3) is 4.48. The van der Waals surface area contributed by atoms with Gasteiger partial charge in [-0.05, 0) is 48.5 Å². The van der Waals surface area contributed by atoms with E-state index in [1.54, 1.807) is 31.4 Å². The van der Waals surface area contributed by atoms with Crippen molar-refractivity contribution in [3.05, 3.63) is 66.9 Å². The molecule has 0 bridgehead atoms. The second-order valence-electron chi connectivity index (χ2n) is 5.54. The summed E-state index contributed by atoms with van der Waals surface area (Å²) in [5, 5.41) is 3.13. The first-order valence-electron chi connectivity index (χ1n) is 8.05. The van der Waals surface area contributed by atoms with Crippen LogP contribution in [-0.4, -0.2) is 27.6 Å². The molecule has 0 spiro atoms. The highest BCUT2D eigenvalue weighted by Crippen LogP contribution is 2.26. The Morgan fingerprint density at radius 2 is 1.63 bits per heavy atom. The minimum Gasteiger partial charge on any atom is -0.497 e. The Kier molecular flexibility index (Phi) is 5.46. The van der Waals surface area contributed by atoms with E-state index < -0.39 is 10.0 Å². The summed E-state index contributed by atoms with van der Waals surface area (Å²) in [6.45, 7) is 0. The third-order valence-electron chi connectivity index (χ3n) is 3.76. The standard InChI is InChI=1S/C19H19N3O4S/c1-25-15-8-10-16(11-9-15)27(23,24)22-14-7-12-19(20-13-14)21-17-5-3-4-6-18(17)26-2/h3-13,22H,1-2H3,(H,20,21). The Bertz CT molecular complexity index is 1000. The number of aromatic nitrogens is 1. The monoisotopic (exact) mass is 385 g/mol. The second kappa shape index (κ2) is 7.96. The molecule has 2 aromatic carbocycles. The van der Waals surface area contributed by atoms with Crippen LogP contribution >= 0.6 is 0 Å². The third-order valence-corrected chi connectivity index (χ3v) is 5.15. The van der Waals surface area contributed by atoms with Crippen LogP contribution in [0.4, 0.5) is 17.2 Å². The molecular weight excluding hydrogens is 366 g/mol. The Labute approximate surface area is 158 Å². The van der Waals surface area contributed by atoms with Crippen molar-refractivity contribution in [2.75, 3.05) is 24.3 Å². The molecule has 1 aromatic heterocycles. The maximum Gasteiger partial charge on any atom is 0.261 e. The van der Waals surface area contributed by atoms with Gasteiger partial charge in [0.05, 0.1) is 36.7 Å². The minimum absolute atomic E-state index is 0.138. The Balaban J connectivity index is 1.73. The number of nitrogens with one attached hydrogen (secondary N) is 2. The van der Waals surface area contributed by atoms with Gasteiger partial charge in [-0.2, -0.15) is 0 Å². The van der Waals surface area contributed by atoms with Crippen LogP contribution in [0, 0.1) is 0 Å². The molecule has 0 fully saturated rings. The van der Waals surface area contributed by atoms with Crippen molar-refractivity contribution >= 4 is 27.2 Å². The van der Waals surface area contributed by atoms with E-state index in [0.29, 0.717) is 23.0 Å². The minimum atomic E-state index is -3.71. The number of hydrogen-bond acceptors (Lipinski definition) is 6. The van der Waals surface area contributed by atoms with Crippen LogP contribution in [-0.2, 0) is 10.0 Å². The molecule has 1 heterocycles. The number of benzene rings is 2. The van der Waals surface area contributed by atoms with Crippen molar-refractivity contribution in [1.82, 2.24) is 4.98 Å². The van der Waals surface area contributed by atoms with E-state index in [9.17, 15) is 8.42 Å². The van der Waals surface area contributed by atoms with Crippen LogP contribution in [0.25, 0.3) is 0 Å². The van der Waals surface area contributed by atoms with Gasteiger partial charge in [-0.25, -0.2) is 13.4 Å². The number of nitrogens with zero attached hydrogens (tertiary/aromatic N) is 1. The van der Waals surface area contributed by atoms with E-state index >= 15 is 0 Å². The Hall–Kier alpha value is -3.26. The lowest BCUT2D eigenvalue weighted by Crippen LogP contribution is -2.13. The molecule has 0 amide bonds. The molecule has 0 saturated heterocycles. The first kappa shape index (κ1) is 18.5. The summed E-state index contributed by atoms with van der Waals surface area (Å²) in [4.78, 5) is 4.38. The summed E-state index contributed by atoms with van der Waals surface area (Å²) >= 11 is 0. The van der Waals surface area contributed by atoms with Gasteiger partial charge >= 0.3 is 0 Å². The fourth-order valence-electron chi connectivity index (χ4n) is 2.38. The molecule has 0 saturated carbocycles. The maximum atomic E-state index is 12.4. The first-order chi connectivity index (χ1) is 13.0. The van der Waals surface area contributed by atoms with Crippen molar-refractivity contribution in [1.29, 1.82) is 0 Å². The average molecular weight is 385 g/mol. The Morgan fingerprint density at radius 1 is 0.889 bits per heavy atom. The van der Waals surface area contributed by atoms with E-state index in [1.807, 2.05) is 24.3 Å². The number of sulfonamides is 1. The Morgan fingerprint density at radius 3 is 2.26 bits per heavy atom. The quantitative estimate of drug-likeness (QED) is 0.645. The molecule has 140 valence electrons. The molecule has 2 N–H and O–H groups in total. The summed E-state index contributed by atoms with van der Waals surface area (Å²) in [6, 6.07) is 16.9. The summed E-state index contributed by atoms with van der Waals surface area (Å²) in [5.41, 5.74) is 1.12. The van der Waals surface area contributed by atoms with Crippen molar-refractivity contribution in [3.63, 3.8) is 0 Å². The zero-order valence-corrected chi connectivity index (χ0v) is 15.7. The van der Waals surface area contributed by atoms with Crippen LogP contribution in [0.2, 0.25) is 0 Å². The number of methoxy groups -OCH3 is 2. The predicted octanol–water partition coefficient (Wildman–Crippen LogP) is 3.64. The van der Waals surface area contributed by atoms with Crippen LogP contribution in [0.3, 0.4) is 0 Å². The van der Waals surface area contributed by atoms with Gasteiger partial charge < -0.3 is 14.8 Å². The lowest BCUT2D eigenvalue weighted by Gasteiger charge is -2.11. The summed E-state index contributed by atoms with van der Waals surface area (Å²) in [6.07, 6.45) is 1.44. The molecule has 0 aliphatic carbocycles. The van der Waals surface area contributed by atoms with Gasteiger partial charge in [0.1, 0.15) is 17.3 Å². The summed E-state index contributed by atoms with van der Waals surface area (Å²) in [7, 11) is -0.597. The van der Waals surface area contributed by atoms with E-state index in [4.69, 9.17) is 9.47 Å². The van der Waals surface area contributed by atoms with Gasteiger partial charge in [0.2, 0.25) is 0 Å². The predicted molar refractivity (Wildman–Crippen MR) is 104 cm³/mol. The molecular formula is C19H19N3O4S. The number of pyridine rings is 1. The fraction of sp³-hybridized carbons (Fsp3) is 0.105. The average Bonchev–Trinajstić information content (AvgIpc) is 2.70. The van der Waals surface area contributed by atoms with Crippen LogP contribution < -0.4 is 19.5 Å². The highest BCUT2D eigenvalue weighted by molar-refractivity contribution is 7.92. The largest absolute Gasteiger partial charge is 0.497 e. The van der Waals surface area contributed by atoms with E-state index in [2.05, 4.69) is 15.0 Å². The summed E-state index contributed by atoms with van der Waals surface area (Å²) < 4.78 is 37.7. The molecule has 3 aromatic rings. The topological polar surface area (TPSA) is 89.6 Å². The maximum absolute atomic E-state index is 12.4. The molecule has 0 atom stereocenters. The van der Waals surface area contributed by atoms with Crippen molar-refractivity contribution in [2.45, 2.75) is 4.90 Å². The number of anilines is 3. The van der Waals surface area contributed by atoms with Crippen molar-refractivity contribution in [2.24, 2.45) is 0 Å². The smallest absolute Gasteiger partial charge is 0.261 e. The molecule has 0 aliphatic heterocycles. The number of rotatable bonds is 7. The van der Waals surface area contributed by atoms with Gasteiger partial charge in [-0.15, -0.1) is 0 Å². The van der Waals surface area contributed by atoms with Crippen molar-refractivity contribution in [3.8, 4) is 11.5 Å². The van der Waals surface area contributed by atoms with Gasteiger partial charge in [0.25, 0.3) is 10.0 Å². The van der Waals surface area contributed by atoms with E-state index in [-0.39, 0.29) is 4.90 Å². The molecule has 0 aliphatic rings.